The van der Waals surface area contributed by atoms with Crippen LogP contribution < -0.4 is 0 Å². The molecule has 0 N–H and O–H groups in total. The lowest BCUT2D eigenvalue weighted by molar-refractivity contribution is 0.658. The Bertz CT molecular complexity index is 243. The highest BCUT2D eigenvalue weighted by Gasteiger charge is 1.96. The molecule has 0 saturated heterocycles. The van der Waals surface area contributed by atoms with Crippen molar-refractivity contribution >= 4 is 11.8 Å². The fourth-order valence-corrected chi connectivity index (χ4v) is 2.02. The zero-order valence-electron chi connectivity index (χ0n) is 8.66. The highest BCUT2D eigenvalue weighted by atomic mass is 32.2. The van der Waals surface area contributed by atoms with Gasteiger partial charge in [-0.25, -0.2) is 0 Å². The van der Waals surface area contributed by atoms with Gasteiger partial charge in [-0.1, -0.05) is 13.8 Å². The van der Waals surface area contributed by atoms with Gasteiger partial charge in [0.1, 0.15) is 0 Å². The molecule has 13 heavy (non-hydrogen) atoms. The summed E-state index contributed by atoms with van der Waals surface area (Å²) in [4.78, 5) is 0. The van der Waals surface area contributed by atoms with Gasteiger partial charge in [0.05, 0.1) is 5.69 Å². The second-order valence-electron chi connectivity index (χ2n) is 3.69. The van der Waals surface area contributed by atoms with Gasteiger partial charge in [0.2, 0.25) is 0 Å². The first-order valence-electron chi connectivity index (χ1n) is 4.76. The van der Waals surface area contributed by atoms with Crippen molar-refractivity contribution in [1.82, 2.24) is 9.78 Å². The van der Waals surface area contributed by atoms with E-state index in [1.165, 1.54) is 11.5 Å². The summed E-state index contributed by atoms with van der Waals surface area (Å²) < 4.78 is 2.02. The normalized spacial score (nSPS) is 11.1. The Morgan fingerprint density at radius 3 is 2.85 bits per heavy atom. The molecule has 0 saturated carbocycles. The molecule has 0 aliphatic carbocycles. The minimum atomic E-state index is 0.796. The smallest absolute Gasteiger partial charge is 0.0593 e. The van der Waals surface area contributed by atoms with E-state index in [4.69, 9.17) is 0 Å². The van der Waals surface area contributed by atoms with Gasteiger partial charge in [-0.3, -0.25) is 4.68 Å². The Kier molecular flexibility index (Phi) is 4.36. The van der Waals surface area contributed by atoms with Gasteiger partial charge in [-0.05, 0) is 24.7 Å². The van der Waals surface area contributed by atoms with Crippen LogP contribution in [0.3, 0.4) is 0 Å². The Balaban J connectivity index is 2.13. The van der Waals surface area contributed by atoms with Crippen molar-refractivity contribution in [2.45, 2.75) is 27.3 Å². The average Bonchev–Trinajstić information content (AvgIpc) is 2.45. The van der Waals surface area contributed by atoms with Crippen LogP contribution in [0.5, 0.6) is 0 Å². The lowest BCUT2D eigenvalue weighted by atomic mass is 10.3. The molecule has 0 bridgehead atoms. The first-order valence-corrected chi connectivity index (χ1v) is 5.92. The van der Waals surface area contributed by atoms with Crippen molar-refractivity contribution in [2.75, 3.05) is 11.5 Å². The number of nitrogens with zero attached hydrogens (tertiary/aromatic N) is 2. The molecule has 0 aliphatic rings. The number of hydrogen-bond acceptors (Lipinski definition) is 2. The molecular weight excluding hydrogens is 180 g/mol. The summed E-state index contributed by atoms with van der Waals surface area (Å²) in [6, 6.07) is 2.05. The minimum absolute atomic E-state index is 0.796. The molecule has 0 aromatic carbocycles. The molecule has 1 rings (SSSR count). The second kappa shape index (κ2) is 5.32. The average molecular weight is 198 g/mol. The van der Waals surface area contributed by atoms with Crippen molar-refractivity contribution in [3.63, 3.8) is 0 Å². The minimum Gasteiger partial charge on any atom is -0.272 e. The van der Waals surface area contributed by atoms with E-state index >= 15 is 0 Å². The van der Waals surface area contributed by atoms with E-state index in [0.717, 1.165) is 18.2 Å². The number of hydrogen-bond donors (Lipinski definition) is 0. The summed E-state index contributed by atoms with van der Waals surface area (Å²) >= 11 is 2.00. The third-order valence-electron chi connectivity index (χ3n) is 1.69. The third kappa shape index (κ3) is 4.36. The zero-order valence-corrected chi connectivity index (χ0v) is 9.47. The van der Waals surface area contributed by atoms with E-state index in [1.807, 2.05) is 35.6 Å². The maximum atomic E-state index is 4.33. The largest absolute Gasteiger partial charge is 0.272 e. The molecule has 1 aromatic heterocycles. The summed E-state index contributed by atoms with van der Waals surface area (Å²) in [6.45, 7) is 7.57. The zero-order chi connectivity index (χ0) is 9.68. The first kappa shape index (κ1) is 10.6. The SMILES string of the molecule is Cc1ccn(CCSCC(C)C)n1. The number of aromatic nitrogens is 2. The Morgan fingerprint density at radius 2 is 2.31 bits per heavy atom. The van der Waals surface area contributed by atoms with Crippen molar-refractivity contribution in [3.05, 3.63) is 18.0 Å². The van der Waals surface area contributed by atoms with E-state index < -0.39 is 0 Å². The predicted octanol–water partition coefficient (Wildman–Crippen LogP) is 2.58. The molecule has 0 fully saturated rings. The van der Waals surface area contributed by atoms with E-state index in [1.54, 1.807) is 0 Å². The van der Waals surface area contributed by atoms with Gasteiger partial charge in [0.25, 0.3) is 0 Å². The van der Waals surface area contributed by atoms with Gasteiger partial charge >= 0.3 is 0 Å². The van der Waals surface area contributed by atoms with Gasteiger partial charge in [0, 0.05) is 18.5 Å². The third-order valence-corrected chi connectivity index (χ3v) is 3.06. The maximum absolute atomic E-state index is 4.33. The summed E-state index contributed by atoms with van der Waals surface area (Å²) in [5.41, 5.74) is 1.11. The monoisotopic (exact) mass is 198 g/mol. The van der Waals surface area contributed by atoms with Crippen LogP contribution in [0.1, 0.15) is 19.5 Å². The van der Waals surface area contributed by atoms with Gasteiger partial charge in [-0.2, -0.15) is 16.9 Å². The first-order chi connectivity index (χ1) is 6.18. The number of rotatable bonds is 5. The van der Waals surface area contributed by atoms with Crippen LogP contribution in [0.4, 0.5) is 0 Å². The van der Waals surface area contributed by atoms with Crippen LogP contribution in [0.2, 0.25) is 0 Å². The topological polar surface area (TPSA) is 17.8 Å². The Morgan fingerprint density at radius 1 is 1.54 bits per heavy atom. The van der Waals surface area contributed by atoms with Gasteiger partial charge in [-0.15, -0.1) is 0 Å². The van der Waals surface area contributed by atoms with Crippen LogP contribution >= 0.6 is 11.8 Å². The molecule has 0 radical (unpaired) electrons. The fraction of sp³-hybridized carbons (Fsp3) is 0.700. The number of aryl methyl sites for hydroxylation is 2. The van der Waals surface area contributed by atoms with Crippen LogP contribution in [0, 0.1) is 12.8 Å². The highest BCUT2D eigenvalue weighted by molar-refractivity contribution is 7.99. The van der Waals surface area contributed by atoms with Crippen LogP contribution in [0.15, 0.2) is 12.3 Å². The van der Waals surface area contributed by atoms with Crippen molar-refractivity contribution in [3.8, 4) is 0 Å². The molecule has 3 heteroatoms. The van der Waals surface area contributed by atoms with E-state index in [0.29, 0.717) is 0 Å². The number of thioether (sulfide) groups is 1. The molecule has 0 aliphatic heterocycles. The fourth-order valence-electron chi connectivity index (χ4n) is 1.06. The molecule has 0 spiro atoms. The summed E-state index contributed by atoms with van der Waals surface area (Å²) in [5, 5.41) is 4.33. The molecule has 2 nitrogen and oxygen atoms in total. The van der Waals surface area contributed by atoms with Crippen molar-refractivity contribution in [1.29, 1.82) is 0 Å². The van der Waals surface area contributed by atoms with Crippen molar-refractivity contribution < 1.29 is 0 Å². The van der Waals surface area contributed by atoms with E-state index in [2.05, 4.69) is 18.9 Å². The van der Waals surface area contributed by atoms with Crippen molar-refractivity contribution in [2.24, 2.45) is 5.92 Å². The molecule has 0 amide bonds. The quantitative estimate of drug-likeness (QED) is 0.677. The summed E-state index contributed by atoms with van der Waals surface area (Å²) in [7, 11) is 0. The van der Waals surface area contributed by atoms with Gasteiger partial charge in [0.15, 0.2) is 0 Å². The van der Waals surface area contributed by atoms with Crippen LogP contribution in [-0.4, -0.2) is 21.3 Å². The Hall–Kier alpha value is -0.440. The molecular formula is C10H18N2S. The van der Waals surface area contributed by atoms with E-state index in [9.17, 15) is 0 Å². The molecule has 1 heterocycles. The molecule has 74 valence electrons. The molecule has 0 unspecified atom stereocenters. The van der Waals surface area contributed by atoms with Crippen LogP contribution in [0.25, 0.3) is 0 Å². The second-order valence-corrected chi connectivity index (χ2v) is 4.84. The van der Waals surface area contributed by atoms with E-state index in [-0.39, 0.29) is 0 Å². The molecule has 1 aromatic rings. The predicted molar refractivity (Wildman–Crippen MR) is 59.1 cm³/mol. The lowest BCUT2D eigenvalue weighted by Gasteiger charge is -2.04. The highest BCUT2D eigenvalue weighted by Crippen LogP contribution is 2.07. The Labute approximate surface area is 84.7 Å². The summed E-state index contributed by atoms with van der Waals surface area (Å²) in [6.07, 6.45) is 2.05. The van der Waals surface area contributed by atoms with Gasteiger partial charge < -0.3 is 0 Å². The maximum Gasteiger partial charge on any atom is 0.0593 e. The standard InChI is InChI=1S/C10H18N2S/c1-9(2)8-13-7-6-12-5-4-10(3)11-12/h4-5,9H,6-8H2,1-3H3. The summed E-state index contributed by atoms with van der Waals surface area (Å²) in [5.74, 6) is 3.21. The molecule has 0 atom stereocenters. The van der Waals surface area contributed by atoms with Crippen LogP contribution in [-0.2, 0) is 6.54 Å². The lowest BCUT2D eigenvalue weighted by Crippen LogP contribution is -2.02.